The number of hydrogen-bond acceptors (Lipinski definition) is 5. The molecule has 0 aliphatic carbocycles. The first-order valence-electron chi connectivity index (χ1n) is 5.35. The number of rotatable bonds is 6. The van der Waals surface area contributed by atoms with Crippen molar-refractivity contribution in [1.29, 1.82) is 0 Å². The maximum atomic E-state index is 13.5. The van der Waals surface area contributed by atoms with Crippen LogP contribution < -0.4 is 5.32 Å². The summed E-state index contributed by atoms with van der Waals surface area (Å²) in [7, 11) is 1.39. The molecular formula is C11H13FN2O5. The summed E-state index contributed by atoms with van der Waals surface area (Å²) in [6.45, 7) is -0.0773. The van der Waals surface area contributed by atoms with E-state index in [4.69, 9.17) is 0 Å². The number of carbonyl (C=O) groups is 1. The number of non-ortho nitro benzene ring substituents is 1. The van der Waals surface area contributed by atoms with Crippen molar-refractivity contribution in [3.05, 3.63) is 39.7 Å². The van der Waals surface area contributed by atoms with Crippen LogP contribution in [0.4, 0.5) is 10.1 Å². The highest BCUT2D eigenvalue weighted by molar-refractivity contribution is 5.94. The molecule has 1 amide bonds. The van der Waals surface area contributed by atoms with E-state index < -0.39 is 28.4 Å². The van der Waals surface area contributed by atoms with Crippen molar-refractivity contribution >= 4 is 11.6 Å². The van der Waals surface area contributed by atoms with Crippen molar-refractivity contribution in [2.45, 2.75) is 6.10 Å². The zero-order valence-electron chi connectivity index (χ0n) is 10.1. The topological polar surface area (TPSA) is 102 Å². The lowest BCUT2D eigenvalue weighted by atomic mass is 10.1. The molecule has 2 N–H and O–H groups in total. The van der Waals surface area contributed by atoms with Crippen LogP contribution in [-0.2, 0) is 4.74 Å². The van der Waals surface area contributed by atoms with Gasteiger partial charge in [-0.05, 0) is 6.07 Å². The number of aliphatic hydroxyl groups excluding tert-OH is 1. The van der Waals surface area contributed by atoms with Gasteiger partial charge in [-0.3, -0.25) is 14.9 Å². The molecule has 0 radical (unpaired) electrons. The number of benzene rings is 1. The van der Waals surface area contributed by atoms with Gasteiger partial charge in [0.25, 0.3) is 11.6 Å². The van der Waals surface area contributed by atoms with E-state index in [2.05, 4.69) is 10.1 Å². The predicted molar refractivity (Wildman–Crippen MR) is 63.3 cm³/mol. The molecule has 0 saturated carbocycles. The summed E-state index contributed by atoms with van der Waals surface area (Å²) in [6, 6.07) is 2.72. The van der Waals surface area contributed by atoms with E-state index in [1.54, 1.807) is 0 Å². The van der Waals surface area contributed by atoms with E-state index in [0.717, 1.165) is 12.1 Å². The second-order valence-electron chi connectivity index (χ2n) is 3.74. The molecule has 0 bridgehead atoms. The third-order valence-electron chi connectivity index (χ3n) is 2.27. The molecule has 0 spiro atoms. The Bertz CT molecular complexity index is 480. The molecule has 0 aromatic heterocycles. The molecule has 104 valence electrons. The van der Waals surface area contributed by atoms with Gasteiger partial charge in [-0.25, -0.2) is 4.39 Å². The van der Waals surface area contributed by atoms with Crippen molar-refractivity contribution in [2.24, 2.45) is 0 Å². The molecule has 1 unspecified atom stereocenters. The van der Waals surface area contributed by atoms with Gasteiger partial charge in [-0.2, -0.15) is 0 Å². The minimum Gasteiger partial charge on any atom is -0.389 e. The minimum atomic E-state index is -0.993. The minimum absolute atomic E-state index is 0.0308. The Morgan fingerprint density at radius 3 is 2.84 bits per heavy atom. The molecule has 0 heterocycles. The fraction of sp³-hybridized carbons (Fsp3) is 0.364. The molecule has 1 rings (SSSR count). The maximum Gasteiger partial charge on any atom is 0.272 e. The summed E-state index contributed by atoms with van der Waals surface area (Å²) in [5.74, 6) is -1.75. The third kappa shape index (κ3) is 4.27. The highest BCUT2D eigenvalue weighted by Gasteiger charge is 2.16. The lowest BCUT2D eigenvalue weighted by Crippen LogP contribution is -2.34. The van der Waals surface area contributed by atoms with Crippen molar-refractivity contribution < 1.29 is 24.0 Å². The second kappa shape index (κ2) is 6.76. The number of carbonyl (C=O) groups excluding carboxylic acids is 1. The van der Waals surface area contributed by atoms with Gasteiger partial charge in [-0.15, -0.1) is 0 Å². The molecule has 19 heavy (non-hydrogen) atoms. The number of halogens is 1. The van der Waals surface area contributed by atoms with Gasteiger partial charge in [0, 0.05) is 19.7 Å². The molecule has 1 atom stereocenters. The first-order chi connectivity index (χ1) is 8.95. The second-order valence-corrected chi connectivity index (χ2v) is 3.74. The van der Waals surface area contributed by atoms with Crippen molar-refractivity contribution in [3.8, 4) is 0 Å². The van der Waals surface area contributed by atoms with Crippen molar-refractivity contribution in [2.75, 3.05) is 20.3 Å². The summed E-state index contributed by atoms with van der Waals surface area (Å²) in [4.78, 5) is 21.2. The summed E-state index contributed by atoms with van der Waals surface area (Å²) >= 11 is 0. The lowest BCUT2D eigenvalue weighted by molar-refractivity contribution is -0.385. The van der Waals surface area contributed by atoms with Crippen LogP contribution in [0.2, 0.25) is 0 Å². The molecule has 0 saturated heterocycles. The Hall–Kier alpha value is -2.06. The van der Waals surface area contributed by atoms with E-state index in [1.165, 1.54) is 7.11 Å². The predicted octanol–water partition coefficient (Wildman–Crippen LogP) is 0.471. The summed E-state index contributed by atoms with van der Waals surface area (Å²) < 4.78 is 18.1. The Morgan fingerprint density at radius 2 is 2.32 bits per heavy atom. The number of aliphatic hydroxyl groups is 1. The van der Waals surface area contributed by atoms with Crippen LogP contribution in [-0.4, -0.2) is 42.3 Å². The van der Waals surface area contributed by atoms with Gasteiger partial charge in [0.15, 0.2) is 0 Å². The van der Waals surface area contributed by atoms with Crippen molar-refractivity contribution in [3.63, 3.8) is 0 Å². The number of amides is 1. The first-order valence-corrected chi connectivity index (χ1v) is 5.35. The van der Waals surface area contributed by atoms with Gasteiger partial charge in [0.2, 0.25) is 0 Å². The van der Waals surface area contributed by atoms with Gasteiger partial charge >= 0.3 is 0 Å². The average Bonchev–Trinajstić information content (AvgIpc) is 2.36. The van der Waals surface area contributed by atoms with E-state index in [1.807, 2.05) is 0 Å². The Kier molecular flexibility index (Phi) is 5.34. The zero-order valence-corrected chi connectivity index (χ0v) is 10.1. The number of ether oxygens (including phenoxy) is 1. The SMILES string of the molecule is COCC(O)CNC(=O)c1ccc([N+](=O)[O-])cc1F. The molecule has 8 heteroatoms. The van der Waals surface area contributed by atoms with Crippen LogP contribution in [0.1, 0.15) is 10.4 Å². The summed E-state index contributed by atoms with van der Waals surface area (Å²) in [5, 5.41) is 22.0. The Balaban J connectivity index is 2.70. The van der Waals surface area contributed by atoms with E-state index >= 15 is 0 Å². The fourth-order valence-corrected chi connectivity index (χ4v) is 1.36. The van der Waals surface area contributed by atoms with Crippen LogP contribution in [0.15, 0.2) is 18.2 Å². The number of hydrogen-bond donors (Lipinski definition) is 2. The lowest BCUT2D eigenvalue weighted by Gasteiger charge is -2.11. The smallest absolute Gasteiger partial charge is 0.272 e. The molecule has 1 aromatic carbocycles. The van der Waals surface area contributed by atoms with Gasteiger partial charge in [0.05, 0.1) is 29.3 Å². The molecule has 0 aliphatic heterocycles. The van der Waals surface area contributed by atoms with Crippen LogP contribution in [0.3, 0.4) is 0 Å². The maximum absolute atomic E-state index is 13.5. The van der Waals surface area contributed by atoms with Gasteiger partial charge in [-0.1, -0.05) is 0 Å². The number of nitro benzene ring substituents is 1. The zero-order chi connectivity index (χ0) is 14.4. The van der Waals surface area contributed by atoms with Crippen LogP contribution >= 0.6 is 0 Å². The summed E-state index contributed by atoms with van der Waals surface area (Å²) in [5.41, 5.74) is -0.760. The van der Waals surface area contributed by atoms with Crippen LogP contribution in [0.25, 0.3) is 0 Å². The normalized spacial score (nSPS) is 11.9. The van der Waals surface area contributed by atoms with E-state index in [-0.39, 0.29) is 18.7 Å². The molecule has 7 nitrogen and oxygen atoms in total. The number of nitro groups is 1. The van der Waals surface area contributed by atoms with Gasteiger partial charge < -0.3 is 15.2 Å². The standard InChI is InChI=1S/C11H13FN2O5/c1-19-6-8(15)5-13-11(16)9-3-2-7(14(17)18)4-10(9)12/h2-4,8,15H,5-6H2,1H3,(H,13,16). The van der Waals surface area contributed by atoms with E-state index in [9.17, 15) is 24.4 Å². The largest absolute Gasteiger partial charge is 0.389 e. The average molecular weight is 272 g/mol. The molecule has 1 aromatic rings. The highest BCUT2D eigenvalue weighted by atomic mass is 19.1. The van der Waals surface area contributed by atoms with Gasteiger partial charge in [0.1, 0.15) is 5.82 Å². The number of nitrogens with zero attached hydrogens (tertiary/aromatic N) is 1. The first kappa shape index (κ1) is 15.0. The van der Waals surface area contributed by atoms with Crippen LogP contribution in [0.5, 0.6) is 0 Å². The molecular weight excluding hydrogens is 259 g/mol. The number of methoxy groups -OCH3 is 1. The quantitative estimate of drug-likeness (QED) is 0.579. The molecule has 0 fully saturated rings. The Labute approximate surface area is 108 Å². The van der Waals surface area contributed by atoms with Crippen molar-refractivity contribution in [1.82, 2.24) is 5.32 Å². The third-order valence-corrected chi connectivity index (χ3v) is 2.27. The van der Waals surface area contributed by atoms with E-state index in [0.29, 0.717) is 6.07 Å². The number of nitrogens with one attached hydrogen (secondary N) is 1. The van der Waals surface area contributed by atoms with Crippen LogP contribution in [0, 0.1) is 15.9 Å². The monoisotopic (exact) mass is 272 g/mol. The molecule has 0 aliphatic rings. The highest BCUT2D eigenvalue weighted by Crippen LogP contribution is 2.16. The Morgan fingerprint density at radius 1 is 1.63 bits per heavy atom. The fourth-order valence-electron chi connectivity index (χ4n) is 1.36. The summed E-state index contributed by atoms with van der Waals surface area (Å²) in [6.07, 6.45) is -0.907.